The van der Waals surface area contributed by atoms with Crippen LogP contribution in [0.4, 0.5) is 11.4 Å². The zero-order valence-corrected chi connectivity index (χ0v) is 14.7. The van der Waals surface area contributed by atoms with Crippen molar-refractivity contribution >= 4 is 33.4 Å². The van der Waals surface area contributed by atoms with Crippen molar-refractivity contribution < 1.29 is 9.47 Å². The van der Waals surface area contributed by atoms with Gasteiger partial charge in [0.15, 0.2) is 0 Å². The topological polar surface area (TPSA) is 50.7 Å². The van der Waals surface area contributed by atoms with E-state index in [9.17, 15) is 0 Å². The van der Waals surface area contributed by atoms with E-state index >= 15 is 0 Å². The van der Waals surface area contributed by atoms with Gasteiger partial charge in [-0.3, -0.25) is 0 Å². The number of para-hydroxylation sites is 2. The van der Waals surface area contributed by atoms with Crippen molar-refractivity contribution in [1.82, 2.24) is 9.97 Å². The monoisotopic (exact) mass is 350 g/mol. The molecule has 2 fully saturated rings. The number of fused-ring (bicyclic) bond motifs is 2. The molecule has 0 amide bonds. The molecule has 26 heavy (non-hydrogen) atoms. The summed E-state index contributed by atoms with van der Waals surface area (Å²) in [7, 11) is 0. The molecule has 2 aliphatic rings. The molecule has 0 saturated carbocycles. The molecule has 6 nitrogen and oxygen atoms in total. The van der Waals surface area contributed by atoms with Crippen LogP contribution in [-0.4, -0.2) is 62.6 Å². The van der Waals surface area contributed by atoms with Crippen molar-refractivity contribution in [2.75, 3.05) is 62.4 Å². The largest absolute Gasteiger partial charge is 0.378 e. The molecule has 0 radical (unpaired) electrons. The minimum atomic E-state index is 0.768. The quantitative estimate of drug-likeness (QED) is 0.662. The molecule has 0 aliphatic carbocycles. The molecule has 2 aliphatic heterocycles. The predicted molar refractivity (Wildman–Crippen MR) is 103 cm³/mol. The van der Waals surface area contributed by atoms with Gasteiger partial charge in [0.25, 0.3) is 0 Å². The van der Waals surface area contributed by atoms with Gasteiger partial charge in [-0.2, -0.15) is 0 Å². The van der Waals surface area contributed by atoms with E-state index in [1.165, 1.54) is 11.4 Å². The van der Waals surface area contributed by atoms with Crippen LogP contribution in [0.3, 0.4) is 0 Å². The molecule has 6 heteroatoms. The number of benzene rings is 2. The van der Waals surface area contributed by atoms with Gasteiger partial charge in [-0.25, -0.2) is 9.97 Å². The summed E-state index contributed by atoms with van der Waals surface area (Å²) < 4.78 is 11.1. The maximum Gasteiger partial charge on any atom is 0.0916 e. The molecular weight excluding hydrogens is 328 g/mol. The van der Waals surface area contributed by atoms with Gasteiger partial charge in [0.05, 0.1) is 59.9 Å². The van der Waals surface area contributed by atoms with E-state index in [2.05, 4.69) is 21.9 Å². The van der Waals surface area contributed by atoms with Crippen LogP contribution in [0.2, 0.25) is 0 Å². The molecule has 1 aromatic heterocycles. The Hall–Kier alpha value is -2.44. The molecule has 2 saturated heterocycles. The summed E-state index contributed by atoms with van der Waals surface area (Å²) in [6.45, 7) is 6.70. The van der Waals surface area contributed by atoms with Gasteiger partial charge < -0.3 is 19.3 Å². The first-order valence-corrected chi connectivity index (χ1v) is 9.24. The highest BCUT2D eigenvalue weighted by molar-refractivity contribution is 5.93. The minimum absolute atomic E-state index is 0.768. The van der Waals surface area contributed by atoms with Crippen molar-refractivity contribution in [3.05, 3.63) is 36.4 Å². The normalized spacial score (nSPS) is 18.6. The Morgan fingerprint density at radius 2 is 1.04 bits per heavy atom. The number of hydrogen-bond acceptors (Lipinski definition) is 6. The zero-order valence-electron chi connectivity index (χ0n) is 14.7. The van der Waals surface area contributed by atoms with Crippen molar-refractivity contribution in [3.63, 3.8) is 0 Å². The van der Waals surface area contributed by atoms with Crippen LogP contribution in [0.25, 0.3) is 22.1 Å². The average Bonchev–Trinajstić information content (AvgIpc) is 2.72. The number of morpholine rings is 2. The van der Waals surface area contributed by atoms with Gasteiger partial charge in [-0.05, 0) is 24.3 Å². The lowest BCUT2D eigenvalue weighted by Gasteiger charge is -2.36. The second-order valence-corrected chi connectivity index (χ2v) is 6.74. The van der Waals surface area contributed by atoms with E-state index in [-0.39, 0.29) is 0 Å². The highest BCUT2D eigenvalue weighted by Crippen LogP contribution is 2.34. The zero-order chi connectivity index (χ0) is 17.3. The summed E-state index contributed by atoms with van der Waals surface area (Å²) in [5, 5.41) is 0. The van der Waals surface area contributed by atoms with Crippen LogP contribution >= 0.6 is 0 Å². The fourth-order valence-electron chi connectivity index (χ4n) is 3.76. The number of rotatable bonds is 2. The third-order valence-electron chi connectivity index (χ3n) is 5.14. The Bertz CT molecular complexity index is 858. The standard InChI is InChI=1S/C20H22N4O2/c1-2-4-16-15(3-1)21-17-13-19(23-5-9-25-10-6-23)20(14-18(17)22-16)24-7-11-26-12-8-24/h1-4,13-14H,5-12H2. The fraction of sp³-hybridized carbons (Fsp3) is 0.400. The average molecular weight is 350 g/mol. The molecule has 0 unspecified atom stereocenters. The lowest BCUT2D eigenvalue weighted by molar-refractivity contribution is 0.121. The van der Waals surface area contributed by atoms with E-state index in [1.807, 2.05) is 24.3 Å². The first-order chi connectivity index (χ1) is 12.9. The molecule has 0 spiro atoms. The molecule has 0 bridgehead atoms. The first-order valence-electron chi connectivity index (χ1n) is 9.24. The maximum absolute atomic E-state index is 5.55. The minimum Gasteiger partial charge on any atom is -0.378 e. The van der Waals surface area contributed by atoms with E-state index in [0.717, 1.165) is 74.7 Å². The van der Waals surface area contributed by atoms with E-state index < -0.39 is 0 Å². The second kappa shape index (κ2) is 6.70. The number of hydrogen-bond donors (Lipinski definition) is 0. The predicted octanol–water partition coefficient (Wildman–Crippen LogP) is 2.46. The van der Waals surface area contributed by atoms with Gasteiger partial charge >= 0.3 is 0 Å². The van der Waals surface area contributed by atoms with Crippen LogP contribution in [0.1, 0.15) is 0 Å². The summed E-state index contributed by atoms with van der Waals surface area (Å²) in [6, 6.07) is 12.5. The highest BCUT2D eigenvalue weighted by Gasteiger charge is 2.21. The van der Waals surface area contributed by atoms with Crippen LogP contribution in [-0.2, 0) is 9.47 Å². The number of anilines is 2. The van der Waals surface area contributed by atoms with Crippen molar-refractivity contribution in [3.8, 4) is 0 Å². The summed E-state index contributed by atoms with van der Waals surface area (Å²) in [5.74, 6) is 0. The Morgan fingerprint density at radius 3 is 1.46 bits per heavy atom. The van der Waals surface area contributed by atoms with Gasteiger partial charge in [-0.1, -0.05) is 12.1 Å². The molecule has 3 aromatic rings. The number of ether oxygens (including phenoxy) is 2. The lowest BCUT2D eigenvalue weighted by Crippen LogP contribution is -2.40. The first kappa shape index (κ1) is 15.8. The third-order valence-corrected chi connectivity index (χ3v) is 5.14. The van der Waals surface area contributed by atoms with Gasteiger partial charge in [0, 0.05) is 26.2 Å². The molecule has 2 aromatic carbocycles. The van der Waals surface area contributed by atoms with Crippen molar-refractivity contribution in [2.45, 2.75) is 0 Å². The second-order valence-electron chi connectivity index (χ2n) is 6.74. The van der Waals surface area contributed by atoms with Crippen molar-refractivity contribution in [1.29, 1.82) is 0 Å². The number of aromatic nitrogens is 2. The fourth-order valence-corrected chi connectivity index (χ4v) is 3.76. The Morgan fingerprint density at radius 1 is 0.615 bits per heavy atom. The van der Waals surface area contributed by atoms with Crippen molar-refractivity contribution in [2.24, 2.45) is 0 Å². The third kappa shape index (κ3) is 2.85. The smallest absolute Gasteiger partial charge is 0.0916 e. The Balaban J connectivity index is 1.68. The molecular formula is C20H22N4O2. The van der Waals surface area contributed by atoms with Gasteiger partial charge in [0.1, 0.15) is 0 Å². The molecule has 134 valence electrons. The van der Waals surface area contributed by atoms with Gasteiger partial charge in [0.2, 0.25) is 0 Å². The maximum atomic E-state index is 5.55. The van der Waals surface area contributed by atoms with E-state index in [0.29, 0.717) is 0 Å². The summed E-state index contributed by atoms with van der Waals surface area (Å²) in [5.41, 5.74) is 6.23. The summed E-state index contributed by atoms with van der Waals surface area (Å²) >= 11 is 0. The van der Waals surface area contributed by atoms with Crippen LogP contribution in [0.5, 0.6) is 0 Å². The molecule has 0 atom stereocenters. The lowest BCUT2D eigenvalue weighted by atomic mass is 10.1. The molecule has 3 heterocycles. The van der Waals surface area contributed by atoms with E-state index in [4.69, 9.17) is 19.4 Å². The SMILES string of the molecule is c1ccc2nc3cc(N4CCOCC4)c(N4CCOCC4)cc3nc2c1. The van der Waals surface area contributed by atoms with Crippen LogP contribution in [0.15, 0.2) is 36.4 Å². The van der Waals surface area contributed by atoms with Crippen LogP contribution < -0.4 is 9.80 Å². The Labute approximate surface area is 152 Å². The Kier molecular flexibility index (Phi) is 4.07. The molecule has 0 N–H and O–H groups in total. The summed E-state index contributed by atoms with van der Waals surface area (Å²) in [4.78, 5) is 14.5. The van der Waals surface area contributed by atoms with Gasteiger partial charge in [-0.15, -0.1) is 0 Å². The number of nitrogens with zero attached hydrogens (tertiary/aromatic N) is 4. The highest BCUT2D eigenvalue weighted by atomic mass is 16.5. The molecule has 5 rings (SSSR count). The van der Waals surface area contributed by atoms with E-state index in [1.54, 1.807) is 0 Å². The summed E-state index contributed by atoms with van der Waals surface area (Å²) in [6.07, 6.45) is 0. The van der Waals surface area contributed by atoms with Crippen LogP contribution in [0, 0.1) is 0 Å².